The molecule has 0 radical (unpaired) electrons. The molecule has 1 N–H and O–H groups in total. The molecule has 0 aliphatic rings. The second-order valence-electron chi connectivity index (χ2n) is 5.15. The highest BCUT2D eigenvalue weighted by Gasteiger charge is 2.11. The Bertz CT molecular complexity index is 1000. The largest absolute Gasteiger partial charge is 0.298 e. The minimum absolute atomic E-state index is 0.159. The molecule has 0 aliphatic heterocycles. The molecule has 2 aromatic carbocycles. The van der Waals surface area contributed by atoms with Crippen molar-refractivity contribution in [2.45, 2.75) is 0 Å². The summed E-state index contributed by atoms with van der Waals surface area (Å²) in [5.41, 5.74) is 1.11. The van der Waals surface area contributed by atoms with E-state index in [1.807, 2.05) is 0 Å². The molecule has 3 aromatic rings. The Morgan fingerprint density at radius 1 is 1.15 bits per heavy atom. The normalized spacial score (nSPS) is 11.1. The topological polar surface area (TPSA) is 42.0 Å². The van der Waals surface area contributed by atoms with Crippen molar-refractivity contribution in [2.75, 3.05) is 5.32 Å². The minimum Gasteiger partial charge on any atom is -0.298 e. The van der Waals surface area contributed by atoms with Gasteiger partial charge in [-0.05, 0) is 35.9 Å². The van der Waals surface area contributed by atoms with Crippen LogP contribution in [-0.4, -0.2) is 10.9 Å². The zero-order valence-electron chi connectivity index (χ0n) is 13.0. The molecule has 0 spiro atoms. The lowest BCUT2D eigenvalue weighted by molar-refractivity contribution is -0.111. The number of anilines is 1. The van der Waals surface area contributed by atoms with Gasteiger partial charge in [0, 0.05) is 33.1 Å². The van der Waals surface area contributed by atoms with E-state index in [0.29, 0.717) is 26.4 Å². The van der Waals surface area contributed by atoms with Crippen molar-refractivity contribution >= 4 is 51.7 Å². The van der Waals surface area contributed by atoms with Crippen LogP contribution in [-0.2, 0) is 4.79 Å². The number of carbonyl (C=O) groups excluding carboxylic acids is 1. The number of thiazole rings is 1. The number of carbonyl (C=O) groups is 1. The van der Waals surface area contributed by atoms with Crippen LogP contribution in [0.15, 0.2) is 47.9 Å². The second-order valence-corrected chi connectivity index (χ2v) is 6.85. The average Bonchev–Trinajstić information content (AvgIpc) is 3.02. The SMILES string of the molecule is O=C(C=Cc1ccc(Cl)cc1Cl)Nc1nc(-c2ccc(F)cc2F)cs1. The smallest absolute Gasteiger partial charge is 0.250 e. The standard InChI is InChI=1S/C18H10Cl2F2N2OS/c19-11-3-1-10(14(20)7-11)2-6-17(25)24-18-23-16(9-26-18)13-5-4-12(21)8-15(13)22/h1-9H,(H,23,24,25). The molecule has 3 nitrogen and oxygen atoms in total. The molecule has 0 atom stereocenters. The van der Waals surface area contributed by atoms with Crippen molar-refractivity contribution in [1.29, 1.82) is 0 Å². The number of amides is 1. The molecule has 0 bridgehead atoms. The van der Waals surface area contributed by atoms with Crippen LogP contribution in [0.4, 0.5) is 13.9 Å². The van der Waals surface area contributed by atoms with Crippen molar-refractivity contribution in [2.24, 2.45) is 0 Å². The lowest BCUT2D eigenvalue weighted by atomic mass is 10.1. The molecule has 0 saturated carbocycles. The van der Waals surface area contributed by atoms with Gasteiger partial charge in [0.2, 0.25) is 5.91 Å². The number of halogens is 4. The van der Waals surface area contributed by atoms with Gasteiger partial charge < -0.3 is 0 Å². The fourth-order valence-corrected chi connectivity index (χ4v) is 3.29. The molecule has 26 heavy (non-hydrogen) atoms. The van der Waals surface area contributed by atoms with Gasteiger partial charge in [0.25, 0.3) is 0 Å². The summed E-state index contributed by atoms with van der Waals surface area (Å²) in [6, 6.07) is 8.15. The fourth-order valence-electron chi connectivity index (χ4n) is 2.10. The van der Waals surface area contributed by atoms with E-state index in [1.54, 1.807) is 29.7 Å². The molecule has 0 aliphatic carbocycles. The first-order chi connectivity index (χ1) is 12.4. The Morgan fingerprint density at radius 3 is 2.69 bits per heavy atom. The first kappa shape index (κ1) is 18.5. The van der Waals surface area contributed by atoms with Crippen LogP contribution >= 0.6 is 34.5 Å². The van der Waals surface area contributed by atoms with E-state index in [1.165, 1.54) is 12.1 Å². The van der Waals surface area contributed by atoms with E-state index in [2.05, 4.69) is 10.3 Å². The summed E-state index contributed by atoms with van der Waals surface area (Å²) in [4.78, 5) is 16.1. The summed E-state index contributed by atoms with van der Waals surface area (Å²) in [5.74, 6) is -1.80. The number of nitrogens with one attached hydrogen (secondary N) is 1. The number of rotatable bonds is 4. The predicted molar refractivity (Wildman–Crippen MR) is 102 cm³/mol. The zero-order valence-corrected chi connectivity index (χ0v) is 15.3. The number of aromatic nitrogens is 1. The molecule has 1 amide bonds. The van der Waals surface area contributed by atoms with Gasteiger partial charge in [0.15, 0.2) is 5.13 Å². The predicted octanol–water partition coefficient (Wildman–Crippen LogP) is 6.05. The maximum atomic E-state index is 13.8. The molecule has 0 fully saturated rings. The lowest BCUT2D eigenvalue weighted by Gasteiger charge is -2.00. The van der Waals surface area contributed by atoms with Crippen LogP contribution < -0.4 is 5.32 Å². The van der Waals surface area contributed by atoms with Crippen molar-refractivity contribution in [3.8, 4) is 11.3 Å². The monoisotopic (exact) mass is 410 g/mol. The van der Waals surface area contributed by atoms with Gasteiger partial charge in [-0.15, -0.1) is 11.3 Å². The maximum absolute atomic E-state index is 13.8. The number of nitrogens with zero attached hydrogens (tertiary/aromatic N) is 1. The van der Waals surface area contributed by atoms with Gasteiger partial charge >= 0.3 is 0 Å². The average molecular weight is 411 g/mol. The van der Waals surface area contributed by atoms with Crippen molar-refractivity contribution in [3.63, 3.8) is 0 Å². The first-order valence-corrected chi connectivity index (χ1v) is 8.91. The Kier molecular flexibility index (Phi) is 5.66. The van der Waals surface area contributed by atoms with Crippen molar-refractivity contribution < 1.29 is 13.6 Å². The molecule has 8 heteroatoms. The molecule has 3 rings (SSSR count). The van der Waals surface area contributed by atoms with Gasteiger partial charge in [0.1, 0.15) is 11.6 Å². The third-order valence-electron chi connectivity index (χ3n) is 3.32. The van der Waals surface area contributed by atoms with Gasteiger partial charge in [-0.25, -0.2) is 13.8 Å². The molecule has 1 heterocycles. The van der Waals surface area contributed by atoms with Gasteiger partial charge in [-0.3, -0.25) is 10.1 Å². The number of benzene rings is 2. The van der Waals surface area contributed by atoms with E-state index < -0.39 is 17.5 Å². The van der Waals surface area contributed by atoms with Gasteiger partial charge in [0.05, 0.1) is 5.69 Å². The lowest BCUT2D eigenvalue weighted by Crippen LogP contribution is -2.07. The van der Waals surface area contributed by atoms with E-state index in [-0.39, 0.29) is 5.56 Å². The van der Waals surface area contributed by atoms with Crippen LogP contribution in [0.1, 0.15) is 5.56 Å². The summed E-state index contributed by atoms with van der Waals surface area (Å²) in [5, 5.41) is 5.37. The van der Waals surface area contributed by atoms with E-state index in [0.717, 1.165) is 23.5 Å². The van der Waals surface area contributed by atoms with E-state index in [9.17, 15) is 13.6 Å². The van der Waals surface area contributed by atoms with E-state index >= 15 is 0 Å². The minimum atomic E-state index is -0.717. The molecule has 0 saturated heterocycles. The van der Waals surface area contributed by atoms with Gasteiger partial charge in [-0.1, -0.05) is 29.3 Å². The summed E-state index contributed by atoms with van der Waals surface area (Å²) in [6.45, 7) is 0. The van der Waals surface area contributed by atoms with Crippen LogP contribution in [0, 0.1) is 11.6 Å². The van der Waals surface area contributed by atoms with Crippen molar-refractivity contribution in [1.82, 2.24) is 4.98 Å². The third kappa shape index (κ3) is 4.46. The van der Waals surface area contributed by atoms with Crippen LogP contribution in [0.25, 0.3) is 17.3 Å². The van der Waals surface area contributed by atoms with Crippen molar-refractivity contribution in [3.05, 3.63) is 75.1 Å². The molecule has 0 unspecified atom stereocenters. The second kappa shape index (κ2) is 7.95. The highest BCUT2D eigenvalue weighted by atomic mass is 35.5. The fraction of sp³-hybridized carbons (Fsp3) is 0. The first-order valence-electron chi connectivity index (χ1n) is 7.27. The van der Waals surface area contributed by atoms with Gasteiger partial charge in [-0.2, -0.15) is 0 Å². The molecule has 132 valence electrons. The summed E-state index contributed by atoms with van der Waals surface area (Å²) >= 11 is 13.0. The summed E-state index contributed by atoms with van der Waals surface area (Å²) in [6.07, 6.45) is 2.84. The molecular weight excluding hydrogens is 401 g/mol. The van der Waals surface area contributed by atoms with Crippen LogP contribution in [0.3, 0.4) is 0 Å². The highest BCUT2D eigenvalue weighted by Crippen LogP contribution is 2.27. The zero-order chi connectivity index (χ0) is 18.7. The Balaban J connectivity index is 1.70. The Labute approximate surface area is 161 Å². The Hall–Kier alpha value is -2.28. The van der Waals surface area contributed by atoms with Crippen LogP contribution in [0.5, 0.6) is 0 Å². The quantitative estimate of drug-likeness (QED) is 0.532. The summed E-state index contributed by atoms with van der Waals surface area (Å²) in [7, 11) is 0. The maximum Gasteiger partial charge on any atom is 0.250 e. The third-order valence-corrected chi connectivity index (χ3v) is 4.64. The molecular formula is C18H10Cl2F2N2OS. The number of hydrogen-bond donors (Lipinski definition) is 1. The van der Waals surface area contributed by atoms with Crippen LogP contribution in [0.2, 0.25) is 10.0 Å². The van der Waals surface area contributed by atoms with E-state index in [4.69, 9.17) is 23.2 Å². The summed E-state index contributed by atoms with van der Waals surface area (Å²) < 4.78 is 26.8. The Morgan fingerprint density at radius 2 is 1.96 bits per heavy atom. The highest BCUT2D eigenvalue weighted by molar-refractivity contribution is 7.14. The number of hydrogen-bond acceptors (Lipinski definition) is 3. The molecule has 1 aromatic heterocycles.